The number of carbonyl (C=O) groups excluding carboxylic acids is 1. The van der Waals surface area contributed by atoms with Crippen LogP contribution in [0.3, 0.4) is 0 Å². The van der Waals surface area contributed by atoms with Gasteiger partial charge in [-0.1, -0.05) is 0 Å². The number of carbonyl (C=O) groups is 2. The number of hydrogen-bond acceptors (Lipinski definition) is 4. The summed E-state index contributed by atoms with van der Waals surface area (Å²) >= 11 is 0. The van der Waals surface area contributed by atoms with Crippen LogP contribution in [0, 0.1) is 0 Å². The SMILES string of the molecule is CNS(=O)(=O)CCNC(=O)N(C)CCC(=O)O. The summed E-state index contributed by atoms with van der Waals surface area (Å²) in [7, 11) is -0.621. The lowest BCUT2D eigenvalue weighted by Gasteiger charge is -2.16. The topological polar surface area (TPSA) is 116 Å². The molecule has 0 aromatic carbocycles. The molecule has 2 amide bonds. The number of aliphatic carboxylic acids is 1. The van der Waals surface area contributed by atoms with Gasteiger partial charge in [0.1, 0.15) is 0 Å². The zero-order valence-corrected chi connectivity index (χ0v) is 10.6. The Balaban J connectivity index is 3.90. The van der Waals surface area contributed by atoms with Crippen LogP contribution < -0.4 is 10.0 Å². The first-order valence-corrected chi connectivity index (χ1v) is 6.55. The first-order valence-electron chi connectivity index (χ1n) is 4.90. The Hall–Kier alpha value is -1.35. The van der Waals surface area contributed by atoms with Gasteiger partial charge in [-0.05, 0) is 7.05 Å². The minimum atomic E-state index is -3.34. The first kappa shape index (κ1) is 15.7. The van der Waals surface area contributed by atoms with Crippen LogP contribution in [0.25, 0.3) is 0 Å². The third-order valence-electron chi connectivity index (χ3n) is 1.97. The van der Waals surface area contributed by atoms with Crippen LogP contribution in [0.5, 0.6) is 0 Å². The van der Waals surface area contributed by atoms with Gasteiger partial charge in [0.25, 0.3) is 0 Å². The highest BCUT2D eigenvalue weighted by molar-refractivity contribution is 7.89. The lowest BCUT2D eigenvalue weighted by Crippen LogP contribution is -2.41. The molecule has 17 heavy (non-hydrogen) atoms. The van der Waals surface area contributed by atoms with Crippen molar-refractivity contribution in [3.8, 4) is 0 Å². The lowest BCUT2D eigenvalue weighted by molar-refractivity contribution is -0.137. The van der Waals surface area contributed by atoms with Crippen LogP contribution in [0.1, 0.15) is 6.42 Å². The summed E-state index contributed by atoms with van der Waals surface area (Å²) in [5.74, 6) is -1.22. The van der Waals surface area contributed by atoms with E-state index in [1.807, 2.05) is 0 Å². The molecule has 3 N–H and O–H groups in total. The van der Waals surface area contributed by atoms with Crippen LogP contribution >= 0.6 is 0 Å². The molecule has 0 rings (SSSR count). The van der Waals surface area contributed by atoms with Crippen molar-refractivity contribution in [3.05, 3.63) is 0 Å². The number of urea groups is 1. The van der Waals surface area contributed by atoms with Gasteiger partial charge in [-0.15, -0.1) is 0 Å². The quantitative estimate of drug-likeness (QED) is 0.527. The van der Waals surface area contributed by atoms with Crippen molar-refractivity contribution in [3.63, 3.8) is 0 Å². The average Bonchev–Trinajstić information content (AvgIpc) is 2.25. The smallest absolute Gasteiger partial charge is 0.317 e. The van der Waals surface area contributed by atoms with Crippen LogP contribution in [-0.4, -0.2) is 63.4 Å². The van der Waals surface area contributed by atoms with E-state index in [1.54, 1.807) is 0 Å². The fourth-order valence-electron chi connectivity index (χ4n) is 0.894. The fraction of sp³-hybridized carbons (Fsp3) is 0.750. The molecule has 0 aliphatic rings. The minimum absolute atomic E-state index is 0.0284. The Bertz CT molecular complexity index is 367. The molecule has 0 aliphatic carbocycles. The monoisotopic (exact) mass is 267 g/mol. The summed E-state index contributed by atoms with van der Waals surface area (Å²) in [6, 6.07) is -0.502. The maximum absolute atomic E-state index is 11.3. The molecule has 0 atom stereocenters. The van der Waals surface area contributed by atoms with E-state index in [2.05, 4.69) is 10.0 Å². The molecule has 100 valence electrons. The van der Waals surface area contributed by atoms with Gasteiger partial charge in [0.2, 0.25) is 10.0 Å². The molecule has 0 aliphatic heterocycles. The number of sulfonamides is 1. The van der Waals surface area contributed by atoms with Gasteiger partial charge >= 0.3 is 12.0 Å². The average molecular weight is 267 g/mol. The molecule has 0 unspecified atom stereocenters. The van der Waals surface area contributed by atoms with Gasteiger partial charge in [0.15, 0.2) is 0 Å². The number of nitrogens with one attached hydrogen (secondary N) is 2. The van der Waals surface area contributed by atoms with E-state index in [-0.39, 0.29) is 25.3 Å². The lowest BCUT2D eigenvalue weighted by atomic mass is 10.4. The summed E-state index contributed by atoms with van der Waals surface area (Å²) in [6.07, 6.45) is -0.154. The third kappa shape index (κ3) is 7.53. The number of amides is 2. The van der Waals surface area contributed by atoms with E-state index in [0.29, 0.717) is 0 Å². The van der Waals surface area contributed by atoms with Gasteiger partial charge in [0.05, 0.1) is 12.2 Å². The van der Waals surface area contributed by atoms with Crippen LogP contribution in [0.2, 0.25) is 0 Å². The van der Waals surface area contributed by atoms with Crippen molar-refractivity contribution < 1.29 is 23.1 Å². The molecular weight excluding hydrogens is 250 g/mol. The normalized spacial score (nSPS) is 10.9. The Labute approximate surface area is 100 Å². The molecule has 0 spiro atoms. The number of nitrogens with zero attached hydrogens (tertiary/aromatic N) is 1. The van der Waals surface area contributed by atoms with Crippen molar-refractivity contribution in [1.29, 1.82) is 0 Å². The van der Waals surface area contributed by atoms with Crippen molar-refractivity contribution >= 4 is 22.0 Å². The van der Waals surface area contributed by atoms with E-state index in [0.717, 1.165) is 0 Å². The van der Waals surface area contributed by atoms with Crippen molar-refractivity contribution in [2.45, 2.75) is 6.42 Å². The Morgan fingerprint density at radius 2 is 1.94 bits per heavy atom. The van der Waals surface area contributed by atoms with Crippen LogP contribution in [0.4, 0.5) is 4.79 Å². The van der Waals surface area contributed by atoms with Crippen molar-refractivity contribution in [1.82, 2.24) is 14.9 Å². The van der Waals surface area contributed by atoms with E-state index in [1.165, 1.54) is 19.0 Å². The maximum atomic E-state index is 11.3. The summed E-state index contributed by atoms with van der Waals surface area (Å²) in [6.45, 7) is 0.0410. The van der Waals surface area contributed by atoms with Gasteiger partial charge in [-0.3, -0.25) is 4.79 Å². The summed E-state index contributed by atoms with van der Waals surface area (Å²) in [5, 5.41) is 10.8. The molecule has 0 saturated carbocycles. The predicted molar refractivity (Wildman–Crippen MR) is 61.1 cm³/mol. The van der Waals surface area contributed by atoms with Crippen LogP contribution in [-0.2, 0) is 14.8 Å². The Kier molecular flexibility index (Phi) is 6.51. The first-order chi connectivity index (χ1) is 7.78. The predicted octanol–water partition coefficient (Wildman–Crippen LogP) is -1.35. The fourth-order valence-corrected chi connectivity index (χ4v) is 1.47. The van der Waals surface area contributed by atoms with E-state index >= 15 is 0 Å². The molecule has 0 aromatic heterocycles. The highest BCUT2D eigenvalue weighted by Crippen LogP contribution is 1.89. The molecule has 0 aromatic rings. The highest BCUT2D eigenvalue weighted by Gasteiger charge is 2.11. The van der Waals surface area contributed by atoms with Crippen molar-refractivity contribution in [2.24, 2.45) is 0 Å². The Morgan fingerprint density at radius 1 is 1.35 bits per heavy atom. The van der Waals surface area contributed by atoms with Gasteiger partial charge in [-0.25, -0.2) is 17.9 Å². The second-order valence-electron chi connectivity index (χ2n) is 3.32. The highest BCUT2D eigenvalue weighted by atomic mass is 32.2. The molecule has 0 bridgehead atoms. The molecule has 8 nitrogen and oxygen atoms in total. The van der Waals surface area contributed by atoms with E-state index in [4.69, 9.17) is 5.11 Å². The number of carboxylic acid groups (broad SMARTS) is 1. The molecular formula is C8H17N3O5S. The number of hydrogen-bond donors (Lipinski definition) is 3. The minimum Gasteiger partial charge on any atom is -0.481 e. The van der Waals surface area contributed by atoms with Gasteiger partial charge in [0, 0.05) is 20.1 Å². The molecule has 0 fully saturated rings. The summed E-state index contributed by atoms with van der Waals surface area (Å²) in [5.41, 5.74) is 0. The van der Waals surface area contributed by atoms with Crippen molar-refractivity contribution in [2.75, 3.05) is 32.9 Å². The zero-order chi connectivity index (χ0) is 13.5. The largest absolute Gasteiger partial charge is 0.481 e. The van der Waals surface area contributed by atoms with E-state index < -0.39 is 22.0 Å². The number of carboxylic acids is 1. The molecule has 9 heteroatoms. The molecule has 0 heterocycles. The second-order valence-corrected chi connectivity index (χ2v) is 5.37. The zero-order valence-electron chi connectivity index (χ0n) is 9.76. The third-order valence-corrected chi connectivity index (χ3v) is 3.33. The molecule has 0 radical (unpaired) electrons. The summed E-state index contributed by atoms with van der Waals surface area (Å²) < 4.78 is 24.1. The Morgan fingerprint density at radius 3 is 2.41 bits per heavy atom. The second kappa shape index (κ2) is 7.07. The molecule has 0 saturated heterocycles. The summed E-state index contributed by atoms with van der Waals surface area (Å²) in [4.78, 5) is 22.8. The number of rotatable bonds is 7. The van der Waals surface area contributed by atoms with Gasteiger partial charge in [-0.2, -0.15) is 0 Å². The standard InChI is InChI=1S/C8H17N3O5S/c1-9-17(15,16)6-4-10-8(14)11(2)5-3-7(12)13/h9H,3-6H2,1-2H3,(H,10,14)(H,12,13). The maximum Gasteiger partial charge on any atom is 0.317 e. The van der Waals surface area contributed by atoms with Gasteiger partial charge < -0.3 is 15.3 Å². The van der Waals surface area contributed by atoms with E-state index in [9.17, 15) is 18.0 Å². The van der Waals surface area contributed by atoms with Crippen LogP contribution in [0.15, 0.2) is 0 Å².